The fourth-order valence-electron chi connectivity index (χ4n) is 1.40. The van der Waals surface area contributed by atoms with Gasteiger partial charge in [-0.05, 0) is 18.2 Å². The molecule has 0 fully saturated rings. The number of nitrogens with zero attached hydrogens (tertiary/aromatic N) is 1. The number of hydrogen-bond acceptors (Lipinski definition) is 3. The Morgan fingerprint density at radius 1 is 1.44 bits per heavy atom. The van der Waals surface area contributed by atoms with Crippen LogP contribution < -0.4 is 16.0 Å². The predicted molar refractivity (Wildman–Crippen MR) is 62.4 cm³/mol. The molecule has 1 aromatic heterocycles. The Morgan fingerprint density at radius 2 is 2.19 bits per heavy atom. The van der Waals surface area contributed by atoms with E-state index in [0.717, 1.165) is 0 Å². The van der Waals surface area contributed by atoms with Crippen LogP contribution in [0.4, 0.5) is 5.82 Å². The minimum absolute atomic E-state index is 0.237. The number of hydrogen-bond donors (Lipinski definition) is 2. The highest BCUT2D eigenvalue weighted by Crippen LogP contribution is 2.25. The molecular weight excluding hydrogens is 230 g/mol. The SMILES string of the molecule is COc1ccc(-n2[nH]c(N)cc2=O)cc1Cl. The molecule has 0 spiro atoms. The van der Waals surface area contributed by atoms with Gasteiger partial charge in [0.2, 0.25) is 0 Å². The van der Waals surface area contributed by atoms with Crippen LogP contribution in [0.5, 0.6) is 5.75 Å². The van der Waals surface area contributed by atoms with Crippen molar-refractivity contribution in [1.82, 2.24) is 9.78 Å². The second-order valence-electron chi connectivity index (χ2n) is 3.20. The summed E-state index contributed by atoms with van der Waals surface area (Å²) in [6.07, 6.45) is 0. The van der Waals surface area contributed by atoms with Gasteiger partial charge in [0.25, 0.3) is 5.56 Å². The highest BCUT2D eigenvalue weighted by molar-refractivity contribution is 6.32. The Hall–Kier alpha value is -1.88. The number of rotatable bonds is 2. The standard InChI is InChI=1S/C10H10ClN3O2/c1-16-8-3-2-6(4-7(8)11)14-10(15)5-9(12)13-14/h2-5,13H,12H2,1H3. The summed E-state index contributed by atoms with van der Waals surface area (Å²) in [5.74, 6) is 0.856. The van der Waals surface area contributed by atoms with E-state index in [0.29, 0.717) is 22.3 Å². The number of anilines is 1. The van der Waals surface area contributed by atoms with E-state index in [1.807, 2.05) is 0 Å². The summed E-state index contributed by atoms with van der Waals surface area (Å²) in [5.41, 5.74) is 5.84. The van der Waals surface area contributed by atoms with Gasteiger partial charge in [0, 0.05) is 6.07 Å². The third kappa shape index (κ3) is 1.77. The van der Waals surface area contributed by atoms with Crippen LogP contribution in [-0.2, 0) is 0 Å². The van der Waals surface area contributed by atoms with E-state index in [4.69, 9.17) is 22.1 Å². The van der Waals surface area contributed by atoms with Crippen molar-refractivity contribution in [2.45, 2.75) is 0 Å². The van der Waals surface area contributed by atoms with Gasteiger partial charge in [-0.3, -0.25) is 9.89 Å². The van der Waals surface area contributed by atoms with Crippen LogP contribution in [0, 0.1) is 0 Å². The Balaban J connectivity index is 2.53. The van der Waals surface area contributed by atoms with Crippen LogP contribution >= 0.6 is 11.6 Å². The summed E-state index contributed by atoms with van der Waals surface area (Å²) in [6, 6.07) is 6.32. The predicted octanol–water partition coefficient (Wildman–Crippen LogP) is 1.41. The molecule has 0 saturated carbocycles. The molecule has 2 aromatic rings. The van der Waals surface area contributed by atoms with Crippen molar-refractivity contribution in [1.29, 1.82) is 0 Å². The molecule has 3 N–H and O–H groups in total. The number of nitrogens with one attached hydrogen (secondary N) is 1. The molecule has 1 heterocycles. The average Bonchev–Trinajstić information content (AvgIpc) is 2.58. The van der Waals surface area contributed by atoms with Crippen LogP contribution in [0.3, 0.4) is 0 Å². The number of aromatic amines is 1. The molecule has 0 amide bonds. The highest BCUT2D eigenvalue weighted by atomic mass is 35.5. The maximum atomic E-state index is 11.5. The molecule has 0 radical (unpaired) electrons. The fourth-order valence-corrected chi connectivity index (χ4v) is 1.65. The molecule has 0 aliphatic heterocycles. The number of H-pyrrole nitrogens is 1. The molecule has 84 valence electrons. The van der Waals surface area contributed by atoms with E-state index in [2.05, 4.69) is 5.10 Å². The first-order valence-corrected chi connectivity index (χ1v) is 4.91. The number of halogens is 1. The maximum absolute atomic E-state index is 11.5. The fraction of sp³-hybridized carbons (Fsp3) is 0.100. The lowest BCUT2D eigenvalue weighted by atomic mass is 10.3. The van der Waals surface area contributed by atoms with E-state index in [1.54, 1.807) is 18.2 Å². The molecule has 5 nitrogen and oxygen atoms in total. The lowest BCUT2D eigenvalue weighted by Crippen LogP contribution is -2.13. The molecule has 6 heteroatoms. The zero-order chi connectivity index (χ0) is 11.7. The van der Waals surface area contributed by atoms with E-state index >= 15 is 0 Å². The zero-order valence-corrected chi connectivity index (χ0v) is 9.28. The third-order valence-corrected chi connectivity index (χ3v) is 2.43. The van der Waals surface area contributed by atoms with E-state index in [-0.39, 0.29) is 5.56 Å². The van der Waals surface area contributed by atoms with E-state index < -0.39 is 0 Å². The molecular formula is C10H10ClN3O2. The molecule has 1 aromatic carbocycles. The molecule has 16 heavy (non-hydrogen) atoms. The number of benzene rings is 1. The average molecular weight is 240 g/mol. The summed E-state index contributed by atoms with van der Waals surface area (Å²) < 4.78 is 6.32. The summed E-state index contributed by atoms with van der Waals surface area (Å²) in [5, 5.41) is 3.14. The van der Waals surface area contributed by atoms with Crippen molar-refractivity contribution in [3.8, 4) is 11.4 Å². The minimum Gasteiger partial charge on any atom is -0.495 e. The quantitative estimate of drug-likeness (QED) is 0.832. The lowest BCUT2D eigenvalue weighted by molar-refractivity contribution is 0.415. The number of nitrogens with two attached hydrogens (primary N) is 1. The Kier molecular flexibility index (Phi) is 2.62. The molecule has 0 aliphatic rings. The minimum atomic E-state index is -0.237. The highest BCUT2D eigenvalue weighted by Gasteiger charge is 2.06. The summed E-state index contributed by atoms with van der Waals surface area (Å²) in [6.45, 7) is 0. The number of methoxy groups -OCH3 is 1. The zero-order valence-electron chi connectivity index (χ0n) is 8.53. The normalized spacial score (nSPS) is 10.4. The lowest BCUT2D eigenvalue weighted by Gasteiger charge is -2.06. The van der Waals surface area contributed by atoms with Gasteiger partial charge in [-0.15, -0.1) is 0 Å². The molecule has 2 rings (SSSR count). The molecule has 0 aliphatic carbocycles. The topological polar surface area (TPSA) is 73.0 Å². The van der Waals surface area contributed by atoms with Crippen molar-refractivity contribution in [3.05, 3.63) is 39.6 Å². The van der Waals surface area contributed by atoms with E-state index in [1.165, 1.54) is 17.9 Å². The summed E-state index contributed by atoms with van der Waals surface area (Å²) >= 11 is 5.95. The van der Waals surface area contributed by atoms with Crippen molar-refractivity contribution in [3.63, 3.8) is 0 Å². The molecule has 0 unspecified atom stereocenters. The van der Waals surface area contributed by atoms with Crippen LogP contribution in [0.15, 0.2) is 29.1 Å². The monoisotopic (exact) mass is 239 g/mol. The number of ether oxygens (including phenoxy) is 1. The van der Waals surface area contributed by atoms with Gasteiger partial charge < -0.3 is 10.5 Å². The van der Waals surface area contributed by atoms with Gasteiger partial charge in [0.1, 0.15) is 11.6 Å². The Morgan fingerprint density at radius 3 is 2.69 bits per heavy atom. The second-order valence-corrected chi connectivity index (χ2v) is 3.61. The van der Waals surface area contributed by atoms with Crippen molar-refractivity contribution >= 4 is 17.4 Å². The second kappa shape index (κ2) is 3.94. The van der Waals surface area contributed by atoms with Gasteiger partial charge in [0.15, 0.2) is 0 Å². The Labute approximate surface area is 96.4 Å². The van der Waals surface area contributed by atoms with E-state index in [9.17, 15) is 4.79 Å². The maximum Gasteiger partial charge on any atom is 0.273 e. The van der Waals surface area contributed by atoms with Crippen molar-refractivity contribution < 1.29 is 4.74 Å². The van der Waals surface area contributed by atoms with Crippen LogP contribution in [0.1, 0.15) is 0 Å². The number of aromatic nitrogens is 2. The smallest absolute Gasteiger partial charge is 0.273 e. The largest absolute Gasteiger partial charge is 0.495 e. The van der Waals surface area contributed by atoms with Gasteiger partial charge in [-0.1, -0.05) is 11.6 Å². The number of nitrogen functional groups attached to an aromatic ring is 1. The molecule has 0 saturated heterocycles. The van der Waals surface area contributed by atoms with Gasteiger partial charge in [-0.2, -0.15) is 0 Å². The van der Waals surface area contributed by atoms with Crippen LogP contribution in [-0.4, -0.2) is 16.9 Å². The van der Waals surface area contributed by atoms with Gasteiger partial charge >= 0.3 is 0 Å². The first kappa shape index (κ1) is 10.6. The van der Waals surface area contributed by atoms with Gasteiger partial charge in [-0.25, -0.2) is 4.68 Å². The Bertz CT molecular complexity index is 574. The molecule has 0 atom stereocenters. The van der Waals surface area contributed by atoms with Crippen molar-refractivity contribution in [2.24, 2.45) is 0 Å². The summed E-state index contributed by atoms with van der Waals surface area (Å²) in [4.78, 5) is 11.5. The first-order valence-electron chi connectivity index (χ1n) is 4.53. The summed E-state index contributed by atoms with van der Waals surface area (Å²) in [7, 11) is 1.53. The van der Waals surface area contributed by atoms with Crippen LogP contribution in [0.25, 0.3) is 5.69 Å². The third-order valence-electron chi connectivity index (χ3n) is 2.13. The first-order chi connectivity index (χ1) is 7.61. The molecule has 0 bridgehead atoms. The van der Waals surface area contributed by atoms with Crippen molar-refractivity contribution in [2.75, 3.05) is 12.8 Å². The van der Waals surface area contributed by atoms with Crippen LogP contribution in [0.2, 0.25) is 5.02 Å². The van der Waals surface area contributed by atoms with Gasteiger partial charge in [0.05, 0.1) is 17.8 Å².